The van der Waals surface area contributed by atoms with Gasteiger partial charge in [-0.1, -0.05) is 180 Å². The molecule has 0 bridgehead atoms. The molecule has 0 aliphatic carbocycles. The summed E-state index contributed by atoms with van der Waals surface area (Å²) in [7, 11) is 0. The number of aliphatic hydroxyl groups is 3. The molecule has 0 unspecified atom stereocenters. The maximum atomic E-state index is 12.4. The molecule has 0 saturated carbocycles. The van der Waals surface area contributed by atoms with E-state index in [-0.39, 0.29) is 12.5 Å². The van der Waals surface area contributed by atoms with Crippen molar-refractivity contribution in [2.24, 2.45) is 0 Å². The Morgan fingerprint density at radius 3 is 1.29 bits per heavy atom. The van der Waals surface area contributed by atoms with Crippen LogP contribution in [0.5, 0.6) is 0 Å². The Labute approximate surface area is 280 Å². The maximum Gasteiger partial charge on any atom is 0.220 e. The average Bonchev–Trinajstić information content (AvgIpc) is 3.04. The normalized spacial score (nSPS) is 13.8. The molecule has 0 aromatic rings. The highest BCUT2D eigenvalue weighted by molar-refractivity contribution is 5.76. The lowest BCUT2D eigenvalue weighted by Crippen LogP contribution is -2.50. The van der Waals surface area contributed by atoms with Gasteiger partial charge < -0.3 is 20.6 Å². The molecule has 5 heteroatoms. The van der Waals surface area contributed by atoms with Crippen LogP contribution in [-0.4, -0.2) is 46.1 Å². The molecule has 0 saturated heterocycles. The van der Waals surface area contributed by atoms with Crippen molar-refractivity contribution in [1.29, 1.82) is 0 Å². The van der Waals surface area contributed by atoms with Crippen LogP contribution in [0.3, 0.4) is 0 Å². The third-order valence-electron chi connectivity index (χ3n) is 9.37. The molecule has 0 aromatic carbocycles. The number of hydrogen-bond acceptors (Lipinski definition) is 4. The first kappa shape index (κ1) is 44.1. The monoisotopic (exact) mass is 638 g/mol. The van der Waals surface area contributed by atoms with Gasteiger partial charge in [0.25, 0.3) is 0 Å². The fraction of sp³-hybridized carbons (Fsp3) is 0.925. The highest BCUT2D eigenvalue weighted by Gasteiger charge is 2.26. The largest absolute Gasteiger partial charge is 0.394 e. The second-order valence-corrected chi connectivity index (χ2v) is 13.8. The molecule has 3 atom stereocenters. The van der Waals surface area contributed by atoms with Crippen LogP contribution in [0.4, 0.5) is 0 Å². The number of rotatable bonds is 36. The van der Waals surface area contributed by atoms with Gasteiger partial charge in [-0.15, -0.1) is 0 Å². The summed E-state index contributed by atoms with van der Waals surface area (Å²) in [5.41, 5.74) is 0. The Kier molecular flexibility index (Phi) is 35.2. The minimum atomic E-state index is -1.15. The number of unbranched alkanes of at least 4 members (excludes halogenated alkanes) is 26. The van der Waals surface area contributed by atoms with E-state index in [1.165, 1.54) is 148 Å². The zero-order chi connectivity index (χ0) is 33.1. The van der Waals surface area contributed by atoms with E-state index < -0.39 is 18.2 Å². The molecule has 0 heterocycles. The van der Waals surface area contributed by atoms with Crippen molar-refractivity contribution in [1.82, 2.24) is 5.32 Å². The first-order valence-electron chi connectivity index (χ1n) is 20.0. The minimum Gasteiger partial charge on any atom is -0.394 e. The van der Waals surface area contributed by atoms with E-state index in [4.69, 9.17) is 0 Å². The van der Waals surface area contributed by atoms with Crippen LogP contribution in [0, 0.1) is 0 Å². The predicted molar refractivity (Wildman–Crippen MR) is 195 cm³/mol. The fourth-order valence-corrected chi connectivity index (χ4v) is 6.22. The molecule has 5 nitrogen and oxygen atoms in total. The molecular weight excluding hydrogens is 558 g/mol. The fourth-order valence-electron chi connectivity index (χ4n) is 6.22. The van der Waals surface area contributed by atoms with Crippen molar-refractivity contribution < 1.29 is 20.1 Å². The van der Waals surface area contributed by atoms with Crippen LogP contribution >= 0.6 is 0 Å². The van der Waals surface area contributed by atoms with Crippen molar-refractivity contribution in [3.05, 3.63) is 12.2 Å². The summed E-state index contributed by atoms with van der Waals surface area (Å²) in [4.78, 5) is 12.4. The van der Waals surface area contributed by atoms with Gasteiger partial charge in [0.1, 0.15) is 6.10 Å². The van der Waals surface area contributed by atoms with Gasteiger partial charge in [0.2, 0.25) is 5.91 Å². The SMILES string of the molecule is CCCCCCCCC/C=C/CCC[C@@H](O)[C@@H](O)[C@@H](CO)NC(=O)CCCCCCCCCCCCCCCCCCCCC. The molecule has 1 amide bonds. The van der Waals surface area contributed by atoms with Gasteiger partial charge in [-0.2, -0.15) is 0 Å². The Morgan fingerprint density at radius 2 is 0.889 bits per heavy atom. The van der Waals surface area contributed by atoms with Gasteiger partial charge in [-0.3, -0.25) is 4.79 Å². The van der Waals surface area contributed by atoms with Crippen molar-refractivity contribution in [3.63, 3.8) is 0 Å². The van der Waals surface area contributed by atoms with E-state index in [0.717, 1.165) is 38.5 Å². The summed E-state index contributed by atoms with van der Waals surface area (Å²) >= 11 is 0. The number of carbonyl (C=O) groups is 1. The van der Waals surface area contributed by atoms with E-state index >= 15 is 0 Å². The molecule has 0 spiro atoms. The van der Waals surface area contributed by atoms with Gasteiger partial charge in [0.15, 0.2) is 0 Å². The van der Waals surface area contributed by atoms with Gasteiger partial charge in [0, 0.05) is 6.42 Å². The van der Waals surface area contributed by atoms with E-state index in [2.05, 4.69) is 31.3 Å². The lowest BCUT2D eigenvalue weighted by Gasteiger charge is -2.26. The summed E-state index contributed by atoms with van der Waals surface area (Å²) < 4.78 is 0. The molecule has 0 aliphatic rings. The second kappa shape index (κ2) is 35.9. The molecule has 45 heavy (non-hydrogen) atoms. The Bertz CT molecular complexity index is 625. The van der Waals surface area contributed by atoms with Gasteiger partial charge >= 0.3 is 0 Å². The highest BCUT2D eigenvalue weighted by Crippen LogP contribution is 2.16. The summed E-state index contributed by atoms with van der Waals surface area (Å²) in [6, 6.07) is -0.819. The number of hydrogen-bond donors (Lipinski definition) is 4. The van der Waals surface area contributed by atoms with Crippen LogP contribution in [0.1, 0.15) is 213 Å². The molecule has 0 rings (SSSR count). The molecule has 268 valence electrons. The van der Waals surface area contributed by atoms with Crippen LogP contribution in [-0.2, 0) is 4.79 Å². The first-order valence-corrected chi connectivity index (χ1v) is 20.0. The summed E-state index contributed by atoms with van der Waals surface area (Å²) in [5, 5.41) is 33.3. The average molecular weight is 638 g/mol. The van der Waals surface area contributed by atoms with E-state index in [0.29, 0.717) is 12.8 Å². The third-order valence-corrected chi connectivity index (χ3v) is 9.37. The quantitative estimate of drug-likeness (QED) is 0.0406. The molecule has 4 N–H and O–H groups in total. The van der Waals surface area contributed by atoms with E-state index in [9.17, 15) is 20.1 Å². The zero-order valence-corrected chi connectivity index (χ0v) is 30.3. The zero-order valence-electron chi connectivity index (χ0n) is 30.3. The standard InChI is InChI=1S/C40H79NO4/c1-3-5-7-9-11-13-15-17-18-19-20-21-22-23-25-27-29-31-33-35-39(44)41-37(36-42)40(45)38(43)34-32-30-28-26-24-16-14-12-10-8-6-4-2/h26,28,37-38,40,42-43,45H,3-25,27,29-36H2,1-2H3,(H,41,44)/b28-26+/t37-,38-,40+/m1/s1. The highest BCUT2D eigenvalue weighted by atomic mass is 16.3. The lowest BCUT2D eigenvalue weighted by atomic mass is 10.0. The third kappa shape index (κ3) is 31.5. The Balaban J connectivity index is 3.64. The van der Waals surface area contributed by atoms with Gasteiger partial charge in [0.05, 0.1) is 18.8 Å². The number of aliphatic hydroxyl groups excluding tert-OH is 3. The Morgan fingerprint density at radius 1 is 0.533 bits per heavy atom. The number of amides is 1. The number of nitrogens with one attached hydrogen (secondary N) is 1. The molecule has 0 aromatic heterocycles. The summed E-state index contributed by atoms with van der Waals surface area (Å²) in [6.45, 7) is 4.16. The topological polar surface area (TPSA) is 89.8 Å². The lowest BCUT2D eigenvalue weighted by molar-refractivity contribution is -0.124. The number of allylic oxidation sites excluding steroid dienone is 2. The number of carbonyl (C=O) groups excluding carboxylic acids is 1. The molecule has 0 fully saturated rings. The summed E-state index contributed by atoms with van der Waals surface area (Å²) in [6.07, 6.45) is 40.3. The molecule has 0 aliphatic heterocycles. The van der Waals surface area contributed by atoms with Crippen molar-refractivity contribution >= 4 is 5.91 Å². The van der Waals surface area contributed by atoms with E-state index in [1.807, 2.05) is 0 Å². The molecule has 0 radical (unpaired) electrons. The van der Waals surface area contributed by atoms with E-state index in [1.54, 1.807) is 0 Å². The second-order valence-electron chi connectivity index (χ2n) is 13.8. The summed E-state index contributed by atoms with van der Waals surface area (Å²) in [5.74, 6) is -0.152. The maximum absolute atomic E-state index is 12.4. The van der Waals surface area contributed by atoms with Crippen molar-refractivity contribution in [3.8, 4) is 0 Å². The van der Waals surface area contributed by atoms with Gasteiger partial charge in [-0.25, -0.2) is 0 Å². The van der Waals surface area contributed by atoms with Gasteiger partial charge in [-0.05, 0) is 38.5 Å². The van der Waals surface area contributed by atoms with Crippen molar-refractivity contribution in [2.75, 3.05) is 6.61 Å². The predicted octanol–water partition coefficient (Wildman–Crippen LogP) is 10.9. The van der Waals surface area contributed by atoms with Crippen LogP contribution < -0.4 is 5.32 Å². The minimum absolute atomic E-state index is 0.152. The van der Waals surface area contributed by atoms with Crippen LogP contribution in [0.15, 0.2) is 12.2 Å². The van der Waals surface area contributed by atoms with Crippen LogP contribution in [0.2, 0.25) is 0 Å². The molecular formula is C40H79NO4. The van der Waals surface area contributed by atoms with Crippen molar-refractivity contribution in [2.45, 2.75) is 231 Å². The van der Waals surface area contributed by atoms with Crippen LogP contribution in [0.25, 0.3) is 0 Å². The smallest absolute Gasteiger partial charge is 0.220 e. The first-order chi connectivity index (χ1) is 22.1. The Hall–Kier alpha value is -0.910.